The van der Waals surface area contributed by atoms with Gasteiger partial charge in [-0.15, -0.1) is 0 Å². The summed E-state index contributed by atoms with van der Waals surface area (Å²) in [4.78, 5) is 12.3. The van der Waals surface area contributed by atoms with Crippen molar-refractivity contribution >= 4 is 24.8 Å². The predicted molar refractivity (Wildman–Crippen MR) is 153 cm³/mol. The molecule has 0 saturated carbocycles. The van der Waals surface area contributed by atoms with Crippen LogP contribution in [0.4, 0.5) is 4.79 Å². The lowest BCUT2D eigenvalue weighted by molar-refractivity contribution is -0.230. The average molecular weight is 540 g/mol. The summed E-state index contributed by atoms with van der Waals surface area (Å²) in [6.07, 6.45) is 3.87. The molecule has 0 aliphatic carbocycles. The molecule has 2 aliphatic heterocycles. The summed E-state index contributed by atoms with van der Waals surface area (Å²) in [7, 11) is -2.62. The van der Waals surface area contributed by atoms with Gasteiger partial charge in [-0.2, -0.15) is 0 Å². The minimum atomic E-state index is -2.62. The molecule has 2 aromatic rings. The molecule has 208 valence electrons. The molecule has 1 amide bonds. The highest BCUT2D eigenvalue weighted by Crippen LogP contribution is 2.40. The number of hydrogen-bond donors (Lipinski definition) is 1. The standard InChI is InChI=1S/C31H45NO5Si/c1-29(2,3)37-28(33)32-24-14-13-20-31(34-22-24)21-19-25(36-31)23-35-38(30(4,5)6,26-15-9-7-10-16-26)27-17-11-8-12-18-27/h7-12,15-18,24-25H,13-14,19-23H2,1-6H3,(H,32,33)/t24-,25-,31-/m0/s1. The summed E-state index contributed by atoms with van der Waals surface area (Å²) in [5, 5.41) is 5.44. The van der Waals surface area contributed by atoms with Gasteiger partial charge in [0.05, 0.1) is 25.4 Å². The Kier molecular flexibility index (Phi) is 8.72. The molecule has 2 heterocycles. The van der Waals surface area contributed by atoms with Gasteiger partial charge in [-0.1, -0.05) is 81.4 Å². The second kappa shape index (κ2) is 11.5. The quantitative estimate of drug-likeness (QED) is 0.489. The highest BCUT2D eigenvalue weighted by Gasteiger charge is 2.51. The molecule has 38 heavy (non-hydrogen) atoms. The van der Waals surface area contributed by atoms with Crippen LogP contribution in [0.2, 0.25) is 5.04 Å². The lowest BCUT2D eigenvalue weighted by Gasteiger charge is -2.43. The minimum Gasteiger partial charge on any atom is -0.444 e. The minimum absolute atomic E-state index is 0.0352. The molecule has 0 radical (unpaired) electrons. The third kappa shape index (κ3) is 6.68. The Morgan fingerprint density at radius 3 is 2.11 bits per heavy atom. The largest absolute Gasteiger partial charge is 0.444 e. The van der Waals surface area contributed by atoms with Crippen molar-refractivity contribution in [2.24, 2.45) is 0 Å². The second-order valence-corrected chi connectivity index (χ2v) is 17.0. The van der Waals surface area contributed by atoms with Gasteiger partial charge in [0.25, 0.3) is 8.32 Å². The normalized spacial score (nSPS) is 24.7. The first-order valence-electron chi connectivity index (χ1n) is 14.0. The van der Waals surface area contributed by atoms with Crippen LogP contribution in [0, 0.1) is 0 Å². The Hall–Kier alpha value is -2.19. The highest BCUT2D eigenvalue weighted by molar-refractivity contribution is 6.99. The number of rotatable bonds is 6. The molecule has 0 unspecified atom stereocenters. The average Bonchev–Trinajstić information content (AvgIpc) is 3.15. The number of nitrogens with one attached hydrogen (secondary N) is 1. The van der Waals surface area contributed by atoms with E-state index in [1.165, 1.54) is 10.4 Å². The molecule has 4 rings (SSSR count). The maximum atomic E-state index is 12.3. The predicted octanol–water partition coefficient (Wildman–Crippen LogP) is 5.53. The van der Waals surface area contributed by atoms with Crippen molar-refractivity contribution in [1.29, 1.82) is 0 Å². The van der Waals surface area contributed by atoms with Gasteiger partial charge >= 0.3 is 6.09 Å². The monoisotopic (exact) mass is 539 g/mol. The van der Waals surface area contributed by atoms with Crippen LogP contribution in [0.25, 0.3) is 0 Å². The first kappa shape index (κ1) is 28.8. The third-order valence-electron chi connectivity index (χ3n) is 7.51. The molecule has 0 aromatic heterocycles. The van der Waals surface area contributed by atoms with Gasteiger partial charge in [0, 0.05) is 12.8 Å². The van der Waals surface area contributed by atoms with E-state index in [1.807, 2.05) is 20.8 Å². The number of benzene rings is 2. The van der Waals surface area contributed by atoms with Crippen molar-refractivity contribution in [3.8, 4) is 0 Å². The number of carbonyl (C=O) groups excluding carboxylic acids is 1. The Labute approximate surface area is 229 Å². The van der Waals surface area contributed by atoms with Gasteiger partial charge in [0.2, 0.25) is 0 Å². The van der Waals surface area contributed by atoms with E-state index in [9.17, 15) is 4.79 Å². The van der Waals surface area contributed by atoms with Gasteiger partial charge in [-0.25, -0.2) is 4.79 Å². The van der Waals surface area contributed by atoms with Crippen LogP contribution in [0.1, 0.15) is 73.6 Å². The number of alkyl carbamates (subject to hydrolysis) is 1. The maximum absolute atomic E-state index is 12.3. The van der Waals surface area contributed by atoms with Crippen molar-refractivity contribution in [1.82, 2.24) is 5.32 Å². The van der Waals surface area contributed by atoms with Crippen LogP contribution >= 0.6 is 0 Å². The summed E-state index contributed by atoms with van der Waals surface area (Å²) in [6, 6.07) is 21.3. The zero-order valence-corrected chi connectivity index (χ0v) is 24.9. The first-order chi connectivity index (χ1) is 17.9. The van der Waals surface area contributed by atoms with Crippen LogP contribution in [0.15, 0.2) is 60.7 Å². The van der Waals surface area contributed by atoms with Crippen molar-refractivity contribution in [3.63, 3.8) is 0 Å². The molecule has 6 nitrogen and oxygen atoms in total. The fourth-order valence-electron chi connectivity index (χ4n) is 5.80. The first-order valence-corrected chi connectivity index (χ1v) is 15.9. The summed E-state index contributed by atoms with van der Waals surface area (Å²) in [5.41, 5.74) is -0.524. The fraction of sp³-hybridized carbons (Fsp3) is 0.581. The molecular weight excluding hydrogens is 494 g/mol. The van der Waals surface area contributed by atoms with Crippen LogP contribution in [0.5, 0.6) is 0 Å². The summed E-state index contributed by atoms with van der Waals surface area (Å²) in [5.74, 6) is -0.607. The van der Waals surface area contributed by atoms with E-state index in [0.29, 0.717) is 13.2 Å². The Balaban J connectivity index is 1.45. The lowest BCUT2D eigenvalue weighted by atomic mass is 10.0. The number of carbonyl (C=O) groups is 1. The summed E-state index contributed by atoms with van der Waals surface area (Å²) >= 11 is 0. The number of amides is 1. The Morgan fingerprint density at radius 1 is 0.947 bits per heavy atom. The molecule has 2 saturated heterocycles. The van der Waals surface area contributed by atoms with Gasteiger partial charge < -0.3 is 24.0 Å². The molecule has 2 aromatic carbocycles. The summed E-state index contributed by atoms with van der Waals surface area (Å²) in [6.45, 7) is 13.4. The smallest absolute Gasteiger partial charge is 0.407 e. The van der Waals surface area contributed by atoms with Crippen LogP contribution in [-0.2, 0) is 18.6 Å². The number of hydrogen-bond acceptors (Lipinski definition) is 5. The molecule has 0 bridgehead atoms. The highest BCUT2D eigenvalue weighted by atomic mass is 28.4. The topological polar surface area (TPSA) is 66.0 Å². The van der Waals surface area contributed by atoms with Gasteiger partial charge in [-0.05, 0) is 55.4 Å². The SMILES string of the molecule is CC(C)(C)OC(=O)N[C@H]1CCC[C@]2(CC[C@@H](CO[Si](c3ccccc3)(c3ccccc3)C(C)(C)C)O2)OC1. The van der Waals surface area contributed by atoms with Crippen molar-refractivity contribution in [2.75, 3.05) is 13.2 Å². The van der Waals surface area contributed by atoms with E-state index in [4.69, 9.17) is 18.6 Å². The van der Waals surface area contributed by atoms with Gasteiger partial charge in [0.15, 0.2) is 5.79 Å². The van der Waals surface area contributed by atoms with E-state index in [0.717, 1.165) is 32.1 Å². The third-order valence-corrected chi connectivity index (χ3v) is 12.5. The van der Waals surface area contributed by atoms with E-state index in [-0.39, 0.29) is 17.2 Å². The lowest BCUT2D eigenvalue weighted by Crippen LogP contribution is -2.67. The van der Waals surface area contributed by atoms with Gasteiger partial charge in [0.1, 0.15) is 5.60 Å². The maximum Gasteiger partial charge on any atom is 0.407 e. The fourth-order valence-corrected chi connectivity index (χ4v) is 10.4. The zero-order valence-electron chi connectivity index (χ0n) is 23.9. The number of ether oxygens (including phenoxy) is 3. The molecule has 1 spiro atoms. The molecule has 2 fully saturated rings. The molecule has 7 heteroatoms. The molecule has 3 atom stereocenters. The second-order valence-electron chi connectivity index (χ2n) is 12.7. The molecule has 1 N–H and O–H groups in total. The van der Waals surface area contributed by atoms with E-state index in [2.05, 4.69) is 86.8 Å². The van der Waals surface area contributed by atoms with E-state index < -0.39 is 25.8 Å². The van der Waals surface area contributed by atoms with Crippen LogP contribution < -0.4 is 15.7 Å². The zero-order chi connectivity index (χ0) is 27.4. The van der Waals surface area contributed by atoms with E-state index in [1.54, 1.807) is 0 Å². The van der Waals surface area contributed by atoms with Crippen molar-refractivity contribution in [2.45, 2.75) is 102 Å². The van der Waals surface area contributed by atoms with Crippen LogP contribution in [-0.4, -0.2) is 51.2 Å². The molecule has 2 aliphatic rings. The Bertz CT molecular complexity index is 1010. The van der Waals surface area contributed by atoms with Crippen molar-refractivity contribution in [3.05, 3.63) is 60.7 Å². The Morgan fingerprint density at radius 2 is 1.55 bits per heavy atom. The molecular formula is C31H45NO5Si. The van der Waals surface area contributed by atoms with Crippen LogP contribution in [0.3, 0.4) is 0 Å². The van der Waals surface area contributed by atoms with Gasteiger partial charge in [-0.3, -0.25) is 0 Å². The van der Waals surface area contributed by atoms with Crippen molar-refractivity contribution < 1.29 is 23.4 Å². The summed E-state index contributed by atoms with van der Waals surface area (Å²) < 4.78 is 25.5. The van der Waals surface area contributed by atoms with E-state index >= 15 is 0 Å².